The molecule has 2 rings (SSSR count). The number of rotatable bonds is 4. The summed E-state index contributed by atoms with van der Waals surface area (Å²) < 4.78 is 33.2. The van der Waals surface area contributed by atoms with Crippen LogP contribution in [0.1, 0.15) is 38.3 Å². The van der Waals surface area contributed by atoms with Gasteiger partial charge in [0, 0.05) is 13.1 Å². The van der Waals surface area contributed by atoms with E-state index in [2.05, 4.69) is 13.8 Å². The van der Waals surface area contributed by atoms with Crippen molar-refractivity contribution in [2.45, 2.75) is 45.9 Å². The van der Waals surface area contributed by atoms with Crippen molar-refractivity contribution < 1.29 is 13.2 Å². The summed E-state index contributed by atoms with van der Waals surface area (Å²) in [6.07, 6.45) is 1.09. The van der Waals surface area contributed by atoms with Crippen molar-refractivity contribution in [1.29, 1.82) is 0 Å². The Morgan fingerprint density at radius 2 is 1.73 bits per heavy atom. The summed E-state index contributed by atoms with van der Waals surface area (Å²) in [7, 11) is -3.43. The quantitative estimate of drug-likeness (QED) is 0.852. The number of benzene rings is 1. The second kappa shape index (κ2) is 6.59. The summed E-state index contributed by atoms with van der Waals surface area (Å²) in [4.78, 5) is 0.412. The van der Waals surface area contributed by atoms with Gasteiger partial charge in [-0.3, -0.25) is 0 Å². The Hall–Kier alpha value is -1.07. The zero-order valence-corrected chi connectivity index (χ0v) is 15.0. The minimum atomic E-state index is -3.43. The molecule has 2 atom stereocenters. The van der Waals surface area contributed by atoms with Gasteiger partial charge in [0.1, 0.15) is 5.75 Å². The van der Waals surface area contributed by atoms with Gasteiger partial charge in [0.2, 0.25) is 10.0 Å². The molecule has 0 bridgehead atoms. The summed E-state index contributed by atoms with van der Waals surface area (Å²) in [5.41, 5.74) is 1.61. The van der Waals surface area contributed by atoms with Crippen molar-refractivity contribution in [2.24, 2.45) is 11.8 Å². The SMILES string of the molecule is CCOc1cc(C)c(S(=O)(=O)N2CC(C)CC(C)C2)cc1C. The van der Waals surface area contributed by atoms with E-state index in [9.17, 15) is 8.42 Å². The number of hydrogen-bond acceptors (Lipinski definition) is 3. The van der Waals surface area contributed by atoms with Crippen LogP contribution < -0.4 is 4.74 Å². The van der Waals surface area contributed by atoms with Gasteiger partial charge in [0.05, 0.1) is 11.5 Å². The standard InChI is InChI=1S/C17H27NO3S/c1-6-21-16-8-15(5)17(9-14(16)4)22(19,20)18-10-12(2)7-13(3)11-18/h8-9,12-13H,6-7,10-11H2,1-5H3. The molecule has 0 aromatic heterocycles. The zero-order valence-electron chi connectivity index (χ0n) is 14.2. The fraction of sp³-hybridized carbons (Fsp3) is 0.647. The van der Waals surface area contributed by atoms with E-state index in [1.807, 2.05) is 26.8 Å². The molecular formula is C17H27NO3S. The van der Waals surface area contributed by atoms with Crippen LogP contribution in [0, 0.1) is 25.7 Å². The van der Waals surface area contributed by atoms with E-state index in [-0.39, 0.29) is 0 Å². The van der Waals surface area contributed by atoms with Crippen LogP contribution in [0.25, 0.3) is 0 Å². The Balaban J connectivity index is 2.39. The second-order valence-corrected chi connectivity index (χ2v) is 8.49. The van der Waals surface area contributed by atoms with Gasteiger partial charge in [0.15, 0.2) is 0 Å². The molecule has 0 N–H and O–H groups in total. The first-order valence-electron chi connectivity index (χ1n) is 7.99. The number of aryl methyl sites for hydroxylation is 2. The monoisotopic (exact) mass is 325 g/mol. The maximum Gasteiger partial charge on any atom is 0.243 e. The third-order valence-electron chi connectivity index (χ3n) is 4.23. The molecule has 0 aliphatic carbocycles. The predicted molar refractivity (Wildman–Crippen MR) is 88.8 cm³/mol. The molecule has 0 saturated carbocycles. The summed E-state index contributed by atoms with van der Waals surface area (Å²) in [5, 5.41) is 0. The van der Waals surface area contributed by atoms with Gasteiger partial charge >= 0.3 is 0 Å². The molecular weight excluding hydrogens is 298 g/mol. The number of sulfonamides is 1. The second-order valence-electron chi connectivity index (χ2n) is 6.58. The van der Waals surface area contributed by atoms with Crippen molar-refractivity contribution in [1.82, 2.24) is 4.31 Å². The Labute approximate surface area is 134 Å². The molecule has 1 aliphatic rings. The Bertz CT molecular complexity index is 630. The van der Waals surface area contributed by atoms with E-state index in [1.165, 1.54) is 0 Å². The van der Waals surface area contributed by atoms with E-state index in [0.717, 1.165) is 23.3 Å². The molecule has 5 heteroatoms. The average molecular weight is 325 g/mol. The predicted octanol–water partition coefficient (Wildman–Crippen LogP) is 3.37. The lowest BCUT2D eigenvalue weighted by molar-refractivity contribution is 0.222. The summed E-state index contributed by atoms with van der Waals surface area (Å²) >= 11 is 0. The van der Waals surface area contributed by atoms with Gasteiger partial charge in [-0.05, 0) is 62.3 Å². The van der Waals surface area contributed by atoms with Crippen molar-refractivity contribution >= 4 is 10.0 Å². The van der Waals surface area contributed by atoms with E-state index >= 15 is 0 Å². The molecule has 1 aromatic rings. The van der Waals surface area contributed by atoms with Crippen LogP contribution >= 0.6 is 0 Å². The zero-order chi connectivity index (χ0) is 16.5. The third kappa shape index (κ3) is 3.46. The lowest BCUT2D eigenvalue weighted by Crippen LogP contribution is -2.42. The third-order valence-corrected chi connectivity index (χ3v) is 6.20. The number of hydrogen-bond donors (Lipinski definition) is 0. The lowest BCUT2D eigenvalue weighted by Gasteiger charge is -2.34. The molecule has 2 unspecified atom stereocenters. The molecule has 1 aromatic carbocycles. The Morgan fingerprint density at radius 1 is 1.14 bits per heavy atom. The molecule has 1 heterocycles. The molecule has 0 radical (unpaired) electrons. The van der Waals surface area contributed by atoms with Crippen LogP contribution in [-0.2, 0) is 10.0 Å². The molecule has 124 valence electrons. The van der Waals surface area contributed by atoms with Gasteiger partial charge in [-0.15, -0.1) is 0 Å². The molecule has 22 heavy (non-hydrogen) atoms. The number of nitrogens with zero attached hydrogens (tertiary/aromatic N) is 1. The highest BCUT2D eigenvalue weighted by Crippen LogP contribution is 2.31. The lowest BCUT2D eigenvalue weighted by atomic mass is 9.94. The van der Waals surface area contributed by atoms with Crippen molar-refractivity contribution in [3.63, 3.8) is 0 Å². The summed E-state index contributed by atoms with van der Waals surface area (Å²) in [6.45, 7) is 11.7. The Kier molecular flexibility index (Phi) is 5.17. The largest absolute Gasteiger partial charge is 0.494 e. The van der Waals surface area contributed by atoms with Crippen LogP contribution in [0.4, 0.5) is 0 Å². The molecule has 1 saturated heterocycles. The molecule has 0 spiro atoms. The molecule has 1 aliphatic heterocycles. The van der Waals surface area contributed by atoms with Crippen LogP contribution in [0.15, 0.2) is 17.0 Å². The topological polar surface area (TPSA) is 46.6 Å². The summed E-state index contributed by atoms with van der Waals surface area (Å²) in [6, 6.07) is 3.59. The minimum Gasteiger partial charge on any atom is -0.494 e. The van der Waals surface area contributed by atoms with E-state index in [1.54, 1.807) is 10.4 Å². The van der Waals surface area contributed by atoms with Crippen LogP contribution in [0.3, 0.4) is 0 Å². The maximum atomic E-state index is 13.0. The van der Waals surface area contributed by atoms with Crippen LogP contribution in [0.2, 0.25) is 0 Å². The highest BCUT2D eigenvalue weighted by Gasteiger charge is 2.32. The molecule has 4 nitrogen and oxygen atoms in total. The fourth-order valence-corrected chi connectivity index (χ4v) is 5.26. The first-order chi connectivity index (χ1) is 10.3. The van der Waals surface area contributed by atoms with Crippen molar-refractivity contribution in [2.75, 3.05) is 19.7 Å². The maximum absolute atomic E-state index is 13.0. The highest BCUT2D eigenvalue weighted by molar-refractivity contribution is 7.89. The van der Waals surface area contributed by atoms with Crippen LogP contribution in [0.5, 0.6) is 5.75 Å². The van der Waals surface area contributed by atoms with Gasteiger partial charge in [-0.25, -0.2) is 8.42 Å². The summed E-state index contributed by atoms with van der Waals surface area (Å²) in [5.74, 6) is 1.57. The number of piperidine rings is 1. The van der Waals surface area contributed by atoms with Crippen LogP contribution in [-0.4, -0.2) is 32.4 Å². The van der Waals surface area contributed by atoms with Gasteiger partial charge in [0.25, 0.3) is 0 Å². The van der Waals surface area contributed by atoms with Gasteiger partial charge in [-0.1, -0.05) is 13.8 Å². The van der Waals surface area contributed by atoms with Gasteiger partial charge < -0.3 is 4.74 Å². The van der Waals surface area contributed by atoms with E-state index < -0.39 is 10.0 Å². The minimum absolute atomic E-state index is 0.405. The molecule has 1 fully saturated rings. The highest BCUT2D eigenvalue weighted by atomic mass is 32.2. The van der Waals surface area contributed by atoms with Gasteiger partial charge in [-0.2, -0.15) is 4.31 Å². The number of ether oxygens (including phenoxy) is 1. The fourth-order valence-electron chi connectivity index (χ4n) is 3.29. The van der Waals surface area contributed by atoms with Crippen molar-refractivity contribution in [3.8, 4) is 5.75 Å². The Morgan fingerprint density at radius 3 is 2.27 bits per heavy atom. The van der Waals surface area contributed by atoms with Crippen molar-refractivity contribution in [3.05, 3.63) is 23.3 Å². The van der Waals surface area contributed by atoms with E-state index in [4.69, 9.17) is 4.74 Å². The average Bonchev–Trinajstić information content (AvgIpc) is 2.41. The normalized spacial score (nSPS) is 23.5. The van der Waals surface area contributed by atoms with E-state index in [0.29, 0.717) is 36.4 Å². The smallest absolute Gasteiger partial charge is 0.243 e. The first-order valence-corrected chi connectivity index (χ1v) is 9.43. The first kappa shape index (κ1) is 17.3. The molecule has 0 amide bonds.